The Bertz CT molecular complexity index is 615. The molecule has 1 aromatic heterocycles. The van der Waals surface area contributed by atoms with Crippen LogP contribution in [0.5, 0.6) is 0 Å². The van der Waals surface area contributed by atoms with Crippen LogP contribution in [-0.2, 0) is 0 Å². The predicted molar refractivity (Wildman–Crippen MR) is 61.2 cm³/mol. The molecule has 0 atom stereocenters. The van der Waals surface area contributed by atoms with Crippen molar-refractivity contribution in [2.75, 3.05) is 0 Å². The fourth-order valence-electron chi connectivity index (χ4n) is 1.21. The first-order chi connectivity index (χ1) is 7.22. The number of hydrogen-bond donors (Lipinski definition) is 0. The molecule has 1 aromatic carbocycles. The quantitative estimate of drug-likeness (QED) is 0.743. The van der Waals surface area contributed by atoms with E-state index in [1.54, 1.807) is 18.2 Å². The van der Waals surface area contributed by atoms with Crippen molar-refractivity contribution < 1.29 is 4.42 Å². The van der Waals surface area contributed by atoms with Gasteiger partial charge in [0.1, 0.15) is 0 Å². The fraction of sp³-hybridized carbons (Fsp3) is 0. The third kappa shape index (κ3) is 1.98. The summed E-state index contributed by atoms with van der Waals surface area (Å²) < 4.78 is 6.55. The Labute approximate surface area is 100.0 Å². The van der Waals surface area contributed by atoms with Crippen molar-refractivity contribution in [3.05, 3.63) is 39.2 Å². The second-order valence-electron chi connectivity index (χ2n) is 2.76. The summed E-state index contributed by atoms with van der Waals surface area (Å²) in [6, 6.07) is 5.24. The summed E-state index contributed by atoms with van der Waals surface area (Å²) in [5.41, 5.74) is 0.430. The van der Waals surface area contributed by atoms with Gasteiger partial charge in [0.05, 0.1) is 0 Å². The van der Waals surface area contributed by atoms with Crippen LogP contribution < -0.4 is 9.89 Å². The summed E-state index contributed by atoms with van der Waals surface area (Å²) in [7, 11) is 0. The normalized spacial score (nSPS) is 10.1. The van der Waals surface area contributed by atoms with Gasteiger partial charge in [-0.3, -0.25) is 0 Å². The van der Waals surface area contributed by atoms with Gasteiger partial charge in [-0.2, -0.15) is 0 Å². The maximum atomic E-state index is 11.9. The molecule has 0 aliphatic carbocycles. The van der Waals surface area contributed by atoms with Crippen molar-refractivity contribution in [1.29, 1.82) is 5.26 Å². The first-order valence-electron chi connectivity index (χ1n) is 3.99. The van der Waals surface area contributed by atoms with Crippen molar-refractivity contribution in [3.63, 3.8) is 0 Å². The fourth-order valence-corrected chi connectivity index (χ4v) is 2.40. The van der Waals surface area contributed by atoms with Gasteiger partial charge in [0.25, 0.3) is 0 Å². The van der Waals surface area contributed by atoms with Crippen LogP contribution in [0, 0.1) is 10.2 Å². The van der Waals surface area contributed by atoms with Crippen LogP contribution in [0.3, 0.4) is 0 Å². The third-order valence-corrected chi connectivity index (χ3v) is 3.60. The molecule has 0 unspecified atom stereocenters. The maximum absolute atomic E-state index is 11.9. The molecule has 5 heteroatoms. The topological polar surface area (TPSA) is 54.0 Å². The van der Waals surface area contributed by atoms with Crippen LogP contribution in [0.25, 0.3) is 11.0 Å². The summed E-state index contributed by atoms with van der Waals surface area (Å²) in [6.45, 7) is 0. The van der Waals surface area contributed by atoms with E-state index in [1.165, 1.54) is 6.26 Å². The zero-order chi connectivity index (χ0) is 10.8. The Hall–Kier alpha value is -1.08. The summed E-state index contributed by atoms with van der Waals surface area (Å²) in [5, 5.41) is 9.07. The zero-order valence-electron chi connectivity index (χ0n) is 7.36. The van der Waals surface area contributed by atoms with E-state index in [2.05, 4.69) is 15.9 Å². The van der Waals surface area contributed by atoms with Crippen molar-refractivity contribution in [3.8, 4) is 4.97 Å². The molecule has 3 nitrogen and oxygen atoms in total. The van der Waals surface area contributed by atoms with Gasteiger partial charge < -0.3 is 0 Å². The second-order valence-corrected chi connectivity index (χ2v) is 5.41. The number of fused-ring (bicyclic) bond motifs is 1. The third-order valence-electron chi connectivity index (χ3n) is 1.86. The van der Waals surface area contributed by atoms with Crippen LogP contribution in [0.4, 0.5) is 0 Å². The van der Waals surface area contributed by atoms with E-state index in [1.807, 2.05) is 4.97 Å². The van der Waals surface area contributed by atoms with E-state index in [0.29, 0.717) is 15.4 Å². The predicted octanol–water partition coefficient (Wildman–Crippen LogP) is 1.37. The molecular weight excluding hydrogens is 325 g/mol. The number of rotatable bonds is 1. The van der Waals surface area contributed by atoms with Gasteiger partial charge in [0.2, 0.25) is 0 Å². The van der Waals surface area contributed by atoms with Gasteiger partial charge in [-0.15, -0.1) is 0 Å². The van der Waals surface area contributed by atoms with E-state index in [-0.39, 0.29) is 5.43 Å². The second kappa shape index (κ2) is 4.19. The Morgan fingerprint density at radius 3 is 3.00 bits per heavy atom. The molecule has 0 aliphatic heterocycles. The zero-order valence-corrected chi connectivity index (χ0v) is 10.7. The van der Waals surface area contributed by atoms with E-state index in [9.17, 15) is 4.79 Å². The molecule has 2 aromatic rings. The summed E-state index contributed by atoms with van der Waals surface area (Å²) in [6.07, 6.45) is 1.38. The van der Waals surface area contributed by atoms with Crippen LogP contribution in [0.15, 0.2) is 38.1 Å². The molecule has 15 heavy (non-hydrogen) atoms. The van der Waals surface area contributed by atoms with Gasteiger partial charge in [-0.05, 0) is 0 Å². The molecule has 0 spiro atoms. The van der Waals surface area contributed by atoms with Crippen molar-refractivity contribution in [1.82, 2.24) is 0 Å². The summed E-state index contributed by atoms with van der Waals surface area (Å²) in [4.78, 5) is 13.8. The van der Waals surface area contributed by atoms with Crippen molar-refractivity contribution >= 4 is 46.3 Å². The molecule has 0 radical (unpaired) electrons. The van der Waals surface area contributed by atoms with Crippen LogP contribution in [0.1, 0.15) is 0 Å². The van der Waals surface area contributed by atoms with Crippen LogP contribution in [0.2, 0.25) is 0 Å². The minimum absolute atomic E-state index is 0.112. The SMILES string of the molecule is N#C[Se]c1coc2ccc(Br)cc2c1=O. The minimum atomic E-state index is -0.475. The molecular formula is C10H4BrNO2Se. The van der Waals surface area contributed by atoms with E-state index < -0.39 is 15.0 Å². The Morgan fingerprint density at radius 1 is 1.47 bits per heavy atom. The Kier molecular flexibility index (Phi) is 2.92. The number of hydrogen-bond acceptors (Lipinski definition) is 3. The first kappa shape index (κ1) is 10.4. The van der Waals surface area contributed by atoms with E-state index >= 15 is 0 Å². The Balaban J connectivity index is 2.78. The molecule has 1 heterocycles. The van der Waals surface area contributed by atoms with Gasteiger partial charge >= 0.3 is 100 Å². The van der Waals surface area contributed by atoms with Gasteiger partial charge in [0.15, 0.2) is 0 Å². The molecule has 0 saturated heterocycles. The average molecular weight is 329 g/mol. The van der Waals surface area contributed by atoms with Crippen molar-refractivity contribution in [2.24, 2.45) is 0 Å². The molecule has 0 amide bonds. The standard InChI is InChI=1S/C10H4BrNO2Se/c11-6-1-2-8-7(3-6)10(13)9(4-14-8)15-5-12/h1-4H. The van der Waals surface area contributed by atoms with Gasteiger partial charge in [-0.25, -0.2) is 0 Å². The molecule has 74 valence electrons. The van der Waals surface area contributed by atoms with Crippen LogP contribution in [-0.4, -0.2) is 15.0 Å². The van der Waals surface area contributed by atoms with E-state index in [4.69, 9.17) is 9.68 Å². The van der Waals surface area contributed by atoms with Gasteiger partial charge in [-0.1, -0.05) is 0 Å². The number of benzene rings is 1. The van der Waals surface area contributed by atoms with Gasteiger partial charge in [0, 0.05) is 0 Å². The molecule has 0 fully saturated rings. The molecule has 0 aliphatic rings. The molecule has 0 N–H and O–H groups in total. The monoisotopic (exact) mass is 329 g/mol. The number of halogens is 1. The van der Waals surface area contributed by atoms with Crippen molar-refractivity contribution in [2.45, 2.75) is 0 Å². The first-order valence-corrected chi connectivity index (χ1v) is 6.50. The van der Waals surface area contributed by atoms with Crippen LogP contribution >= 0.6 is 15.9 Å². The molecule has 0 saturated carbocycles. The average Bonchev–Trinajstić information content (AvgIpc) is 2.23. The molecule has 2 rings (SSSR count). The number of nitriles is 1. The summed E-state index contributed by atoms with van der Waals surface area (Å²) >= 11 is 2.81. The summed E-state index contributed by atoms with van der Waals surface area (Å²) in [5.74, 6) is 0. The molecule has 0 bridgehead atoms. The Morgan fingerprint density at radius 2 is 2.27 bits per heavy atom. The van der Waals surface area contributed by atoms with E-state index in [0.717, 1.165) is 4.47 Å². The number of nitrogens with zero attached hydrogens (tertiary/aromatic N) is 1.